The molecule has 0 heterocycles. The van der Waals surface area contributed by atoms with Gasteiger partial charge in [0.1, 0.15) is 13.2 Å². The topological polar surface area (TPSA) is 108 Å². The Morgan fingerprint density at radius 1 is 0.439 bits per heavy atom. The van der Waals surface area contributed by atoms with Crippen LogP contribution in [0, 0.1) is 0 Å². The summed E-state index contributed by atoms with van der Waals surface area (Å²) in [5.74, 6) is -0.191. The zero-order valence-electron chi connectivity index (χ0n) is 54.9. The van der Waals surface area contributed by atoms with E-state index in [1.54, 1.807) is 6.08 Å². The number of hydrogen-bond donors (Lipinski definition) is 2. The molecule has 3 unspecified atom stereocenters. The number of aliphatic hydroxyl groups excluding tert-OH is 1. The van der Waals surface area contributed by atoms with E-state index >= 15 is 0 Å². The van der Waals surface area contributed by atoms with Crippen LogP contribution in [0.1, 0.15) is 335 Å². The van der Waals surface area contributed by atoms with Gasteiger partial charge in [-0.25, -0.2) is 0 Å². The van der Waals surface area contributed by atoms with Gasteiger partial charge in [-0.3, -0.25) is 9.36 Å². The van der Waals surface area contributed by atoms with Crippen molar-refractivity contribution in [2.45, 2.75) is 347 Å². The summed E-state index contributed by atoms with van der Waals surface area (Å²) in [6.45, 7) is 4.57. The molecule has 0 spiro atoms. The average Bonchev–Trinajstić information content (AvgIpc) is 3.47. The van der Waals surface area contributed by atoms with Gasteiger partial charge in [0, 0.05) is 6.42 Å². The third kappa shape index (κ3) is 65.5. The number of hydrogen-bond acceptors (Lipinski definition) is 6. The van der Waals surface area contributed by atoms with Crippen molar-refractivity contribution in [3.05, 3.63) is 72.9 Å². The number of nitrogens with zero attached hydrogens (tertiary/aromatic N) is 1. The number of likely N-dealkylation sites (N-methyl/N-ethyl adjacent to an activating group) is 1. The highest BCUT2D eigenvalue weighted by Gasteiger charge is 2.23. The Hall–Kier alpha value is -2.06. The molecule has 0 rings (SSSR count). The van der Waals surface area contributed by atoms with Crippen LogP contribution in [-0.4, -0.2) is 68.5 Å². The van der Waals surface area contributed by atoms with Crippen molar-refractivity contribution in [1.29, 1.82) is 0 Å². The number of carbonyl (C=O) groups is 1. The average molecular weight is 1170 g/mol. The smallest absolute Gasteiger partial charge is 0.268 e. The molecule has 0 bridgehead atoms. The first-order valence-corrected chi connectivity index (χ1v) is 36.8. The molecule has 8 nitrogen and oxygen atoms in total. The maximum atomic E-state index is 13.0. The fraction of sp³-hybridized carbons (Fsp3) is 0.822. The largest absolute Gasteiger partial charge is 0.756 e. The molecule has 3 atom stereocenters. The number of amides is 1. The molecule has 0 aliphatic heterocycles. The molecule has 0 aromatic heterocycles. The van der Waals surface area contributed by atoms with Crippen molar-refractivity contribution < 1.29 is 32.9 Å². The van der Waals surface area contributed by atoms with E-state index in [1.165, 1.54) is 244 Å². The molecule has 0 aliphatic rings. The number of quaternary nitrogens is 1. The highest BCUT2D eigenvalue weighted by molar-refractivity contribution is 7.45. The lowest BCUT2D eigenvalue weighted by atomic mass is 10.0. The SMILES string of the molecule is CC/C=C\C/C=C\C/C=C\C/C=C\C/C=C\CCCCCCCCCCCCCCCCCCCCCCCCCCCC(=O)NC(COP(=O)([O-])OCC[N+](C)(C)C)C(O)/C=C/CCCCCCCCCCCCCCCCCCC. The second kappa shape index (κ2) is 63.4. The molecule has 82 heavy (non-hydrogen) atoms. The van der Waals surface area contributed by atoms with Crippen molar-refractivity contribution in [3.8, 4) is 0 Å². The fourth-order valence-electron chi connectivity index (χ4n) is 10.5. The minimum Gasteiger partial charge on any atom is -0.756 e. The molecular formula is C73H137N2O6P. The van der Waals surface area contributed by atoms with Crippen molar-refractivity contribution in [3.63, 3.8) is 0 Å². The Morgan fingerprint density at radius 3 is 1.09 bits per heavy atom. The van der Waals surface area contributed by atoms with Crippen molar-refractivity contribution >= 4 is 13.7 Å². The number of nitrogens with one attached hydrogen (secondary N) is 1. The zero-order valence-corrected chi connectivity index (χ0v) is 55.8. The maximum Gasteiger partial charge on any atom is 0.268 e. The van der Waals surface area contributed by atoms with Gasteiger partial charge >= 0.3 is 0 Å². The lowest BCUT2D eigenvalue weighted by Gasteiger charge is -2.29. The van der Waals surface area contributed by atoms with Crippen LogP contribution in [0.4, 0.5) is 0 Å². The number of allylic oxidation sites excluding steroid dienone is 11. The van der Waals surface area contributed by atoms with Gasteiger partial charge in [0.15, 0.2) is 0 Å². The second-order valence-electron chi connectivity index (χ2n) is 25.2. The number of unbranched alkanes of at least 4 members (excludes halogenated alkanes) is 42. The van der Waals surface area contributed by atoms with Crippen molar-refractivity contribution in [2.75, 3.05) is 40.9 Å². The maximum absolute atomic E-state index is 13.0. The van der Waals surface area contributed by atoms with Gasteiger partial charge < -0.3 is 28.8 Å². The molecule has 1 amide bonds. The van der Waals surface area contributed by atoms with E-state index in [-0.39, 0.29) is 19.1 Å². The lowest BCUT2D eigenvalue weighted by Crippen LogP contribution is -2.45. The quantitative estimate of drug-likeness (QED) is 0.0272. The van der Waals surface area contributed by atoms with E-state index in [9.17, 15) is 19.4 Å². The van der Waals surface area contributed by atoms with Crippen LogP contribution in [0.2, 0.25) is 0 Å². The van der Waals surface area contributed by atoms with Crippen LogP contribution in [0.25, 0.3) is 0 Å². The molecule has 480 valence electrons. The Kier molecular flexibility index (Phi) is 61.8. The van der Waals surface area contributed by atoms with Gasteiger partial charge in [0.25, 0.3) is 7.82 Å². The van der Waals surface area contributed by atoms with E-state index in [4.69, 9.17) is 9.05 Å². The van der Waals surface area contributed by atoms with Gasteiger partial charge in [-0.15, -0.1) is 0 Å². The van der Waals surface area contributed by atoms with Gasteiger partial charge in [-0.1, -0.05) is 337 Å². The molecule has 0 aromatic carbocycles. The summed E-state index contributed by atoms with van der Waals surface area (Å²) >= 11 is 0. The molecule has 0 saturated heterocycles. The van der Waals surface area contributed by atoms with Crippen molar-refractivity contribution in [1.82, 2.24) is 5.32 Å². The number of phosphoric acid groups is 1. The second-order valence-corrected chi connectivity index (χ2v) is 26.6. The molecule has 0 aromatic rings. The molecule has 0 radical (unpaired) electrons. The summed E-state index contributed by atoms with van der Waals surface area (Å²) in [6, 6.07) is -0.887. The Labute approximate surface area is 510 Å². The predicted molar refractivity (Wildman–Crippen MR) is 357 cm³/mol. The summed E-state index contributed by atoms with van der Waals surface area (Å²) in [5, 5.41) is 13.9. The first-order valence-electron chi connectivity index (χ1n) is 35.3. The van der Waals surface area contributed by atoms with E-state index < -0.39 is 20.0 Å². The predicted octanol–water partition coefficient (Wildman–Crippen LogP) is 21.9. The van der Waals surface area contributed by atoms with E-state index in [1.807, 2.05) is 27.2 Å². The summed E-state index contributed by atoms with van der Waals surface area (Å²) < 4.78 is 23.4. The van der Waals surface area contributed by atoms with Crippen LogP contribution >= 0.6 is 7.82 Å². The van der Waals surface area contributed by atoms with E-state index in [0.717, 1.165) is 70.6 Å². The Morgan fingerprint density at radius 2 is 0.744 bits per heavy atom. The van der Waals surface area contributed by atoms with Gasteiger partial charge in [0.2, 0.25) is 5.91 Å². The summed E-state index contributed by atoms with van der Waals surface area (Å²) in [7, 11) is 1.27. The highest BCUT2D eigenvalue weighted by atomic mass is 31.2. The van der Waals surface area contributed by atoms with Gasteiger partial charge in [0.05, 0.1) is 39.9 Å². The minimum atomic E-state index is -4.60. The molecule has 0 fully saturated rings. The zero-order chi connectivity index (χ0) is 59.8. The normalized spacial score (nSPS) is 14.1. The first kappa shape index (κ1) is 79.9. The number of carbonyl (C=O) groups excluding carboxylic acids is 1. The van der Waals surface area contributed by atoms with Gasteiger partial charge in [-0.05, 0) is 64.2 Å². The highest BCUT2D eigenvalue weighted by Crippen LogP contribution is 2.38. The third-order valence-corrected chi connectivity index (χ3v) is 16.9. The molecular weight excluding hydrogens is 1030 g/mol. The Balaban J connectivity index is 3.92. The van der Waals surface area contributed by atoms with E-state index in [0.29, 0.717) is 17.4 Å². The molecule has 0 aliphatic carbocycles. The van der Waals surface area contributed by atoms with Crippen LogP contribution in [0.5, 0.6) is 0 Å². The monoisotopic (exact) mass is 1170 g/mol. The molecule has 2 N–H and O–H groups in total. The standard InChI is InChI=1S/C73H137N2O6P/c1-6-8-10-12-14-16-18-20-22-24-26-27-28-29-30-31-32-33-34-35-36-37-38-39-40-41-42-43-44-45-46-47-49-51-53-55-57-59-61-63-65-67-73(77)74-71(70-81-82(78,79)80-69-68-75(3,4)5)72(76)66-64-62-60-58-56-54-52-50-48-25-23-21-19-17-15-13-11-9-7-2/h8,10,14,16,20,22,26-27,29-30,64,66,71-72,76H,6-7,9,11-13,15,17-19,21,23-25,28,31-63,65,67-70H2,1-5H3,(H-,74,77,78,79)/b10-8-,16-14-,22-20-,27-26-,30-29-,66-64+. The summed E-state index contributed by atoms with van der Waals surface area (Å²) in [6.07, 6.45) is 88.9. The van der Waals surface area contributed by atoms with Crippen molar-refractivity contribution in [2.24, 2.45) is 0 Å². The van der Waals surface area contributed by atoms with Gasteiger partial charge in [-0.2, -0.15) is 0 Å². The summed E-state index contributed by atoms with van der Waals surface area (Å²) in [5.41, 5.74) is 0. The fourth-order valence-corrected chi connectivity index (χ4v) is 11.2. The lowest BCUT2D eigenvalue weighted by molar-refractivity contribution is -0.870. The van der Waals surface area contributed by atoms with Crippen LogP contribution in [-0.2, 0) is 18.4 Å². The molecule has 0 saturated carbocycles. The minimum absolute atomic E-state index is 0.0000455. The van der Waals surface area contributed by atoms with E-state index in [2.05, 4.69) is 79.9 Å². The number of rotatable bonds is 65. The number of aliphatic hydroxyl groups is 1. The van der Waals surface area contributed by atoms with Crippen LogP contribution in [0.3, 0.4) is 0 Å². The third-order valence-electron chi connectivity index (χ3n) is 15.9. The number of phosphoric ester groups is 1. The Bertz CT molecular complexity index is 1570. The van der Waals surface area contributed by atoms with Crippen LogP contribution in [0.15, 0.2) is 72.9 Å². The molecule has 9 heteroatoms. The van der Waals surface area contributed by atoms with Crippen LogP contribution < -0.4 is 10.2 Å². The first-order chi connectivity index (χ1) is 40.0. The summed E-state index contributed by atoms with van der Waals surface area (Å²) in [4.78, 5) is 25.6.